The number of fused-ring (bicyclic) bond motifs is 1. The van der Waals surface area contributed by atoms with Crippen molar-refractivity contribution in [3.63, 3.8) is 0 Å². The van der Waals surface area contributed by atoms with Crippen molar-refractivity contribution in [2.75, 3.05) is 0 Å². The fraction of sp³-hybridized carbons (Fsp3) is 0.0667. The van der Waals surface area contributed by atoms with E-state index < -0.39 is 5.97 Å². The minimum absolute atomic E-state index is 0.0486. The molecule has 3 aromatic rings. The standard InChI is InChI=1S/C15H12N2O4/c18-12-5-1-2-6-13(12)21-9-10-8-17-11(15(19)20)4-3-7-14(17)16-10/h1-8,18H,9H2,(H,19,20). The average molecular weight is 284 g/mol. The number of hydrogen-bond donors (Lipinski definition) is 2. The van der Waals surface area contributed by atoms with Crippen molar-refractivity contribution in [1.82, 2.24) is 9.38 Å². The topological polar surface area (TPSA) is 84.1 Å². The number of carboxylic acid groups (broad SMARTS) is 1. The van der Waals surface area contributed by atoms with Gasteiger partial charge in [0.15, 0.2) is 11.5 Å². The molecule has 2 aromatic heterocycles. The number of benzene rings is 1. The van der Waals surface area contributed by atoms with Gasteiger partial charge in [0.25, 0.3) is 0 Å². The van der Waals surface area contributed by atoms with Crippen molar-refractivity contribution in [3.8, 4) is 11.5 Å². The number of ether oxygens (including phenoxy) is 1. The Balaban J connectivity index is 1.87. The van der Waals surface area contributed by atoms with E-state index in [-0.39, 0.29) is 18.1 Å². The number of para-hydroxylation sites is 2. The van der Waals surface area contributed by atoms with Crippen molar-refractivity contribution >= 4 is 11.6 Å². The molecule has 0 amide bonds. The first kappa shape index (κ1) is 13.0. The normalized spacial score (nSPS) is 10.7. The van der Waals surface area contributed by atoms with Crippen LogP contribution in [0.5, 0.6) is 11.5 Å². The number of imidazole rings is 1. The largest absolute Gasteiger partial charge is 0.504 e. The van der Waals surface area contributed by atoms with Gasteiger partial charge in [-0.3, -0.25) is 4.40 Å². The average Bonchev–Trinajstić information content (AvgIpc) is 2.88. The summed E-state index contributed by atoms with van der Waals surface area (Å²) >= 11 is 0. The van der Waals surface area contributed by atoms with Gasteiger partial charge in [-0.25, -0.2) is 9.78 Å². The molecule has 0 spiro atoms. The molecule has 3 rings (SSSR count). The molecule has 0 aliphatic rings. The lowest BCUT2D eigenvalue weighted by Gasteiger charge is -2.05. The molecule has 2 heterocycles. The second kappa shape index (κ2) is 5.16. The molecule has 0 saturated carbocycles. The van der Waals surface area contributed by atoms with Gasteiger partial charge in [0, 0.05) is 6.20 Å². The highest BCUT2D eigenvalue weighted by atomic mass is 16.5. The molecule has 0 unspecified atom stereocenters. The summed E-state index contributed by atoms with van der Waals surface area (Å²) < 4.78 is 6.97. The zero-order valence-electron chi connectivity index (χ0n) is 10.9. The van der Waals surface area contributed by atoms with Crippen molar-refractivity contribution in [1.29, 1.82) is 0 Å². The zero-order chi connectivity index (χ0) is 14.8. The highest BCUT2D eigenvalue weighted by Crippen LogP contribution is 2.25. The Bertz CT molecular complexity index is 810. The first-order valence-corrected chi connectivity index (χ1v) is 6.26. The van der Waals surface area contributed by atoms with Crippen LogP contribution < -0.4 is 4.74 Å². The third-order valence-corrected chi connectivity index (χ3v) is 3.00. The highest BCUT2D eigenvalue weighted by Gasteiger charge is 2.11. The Kier molecular flexibility index (Phi) is 3.19. The number of aromatic hydroxyl groups is 1. The van der Waals surface area contributed by atoms with Crippen molar-refractivity contribution in [3.05, 3.63) is 60.0 Å². The fourth-order valence-corrected chi connectivity index (χ4v) is 2.04. The number of aromatic carboxylic acids is 1. The van der Waals surface area contributed by atoms with Crippen LogP contribution in [0.4, 0.5) is 0 Å². The van der Waals surface area contributed by atoms with E-state index in [1.54, 1.807) is 36.5 Å². The van der Waals surface area contributed by atoms with Crippen molar-refractivity contribution in [2.24, 2.45) is 0 Å². The fourth-order valence-electron chi connectivity index (χ4n) is 2.04. The number of rotatable bonds is 4. The monoisotopic (exact) mass is 284 g/mol. The van der Waals surface area contributed by atoms with Crippen LogP contribution in [0.2, 0.25) is 0 Å². The molecule has 0 bridgehead atoms. The van der Waals surface area contributed by atoms with Crippen molar-refractivity contribution < 1.29 is 19.7 Å². The molecule has 6 nitrogen and oxygen atoms in total. The quantitative estimate of drug-likeness (QED) is 0.768. The number of nitrogens with zero attached hydrogens (tertiary/aromatic N) is 2. The summed E-state index contributed by atoms with van der Waals surface area (Å²) in [6.07, 6.45) is 1.61. The molecule has 106 valence electrons. The van der Waals surface area contributed by atoms with E-state index in [9.17, 15) is 9.90 Å². The molecule has 21 heavy (non-hydrogen) atoms. The molecule has 0 atom stereocenters. The van der Waals surface area contributed by atoms with Crippen LogP contribution in [0.15, 0.2) is 48.7 Å². The third kappa shape index (κ3) is 2.51. The molecule has 0 fully saturated rings. The zero-order valence-corrected chi connectivity index (χ0v) is 10.9. The number of phenolic OH excluding ortho intramolecular Hbond substituents is 1. The Labute approximate surface area is 119 Å². The molecule has 1 aromatic carbocycles. The Morgan fingerprint density at radius 1 is 1.19 bits per heavy atom. The van der Waals surface area contributed by atoms with Crippen LogP contribution in [0.3, 0.4) is 0 Å². The van der Waals surface area contributed by atoms with Crippen LogP contribution in [0.1, 0.15) is 16.2 Å². The van der Waals surface area contributed by atoms with E-state index in [0.717, 1.165) is 0 Å². The minimum Gasteiger partial charge on any atom is -0.504 e. The van der Waals surface area contributed by atoms with Gasteiger partial charge in [0.1, 0.15) is 17.9 Å². The predicted molar refractivity (Wildman–Crippen MR) is 74.6 cm³/mol. The van der Waals surface area contributed by atoms with E-state index in [0.29, 0.717) is 17.1 Å². The molecular formula is C15H12N2O4. The van der Waals surface area contributed by atoms with E-state index in [1.165, 1.54) is 16.5 Å². The molecule has 0 radical (unpaired) electrons. The van der Waals surface area contributed by atoms with Crippen LogP contribution in [0, 0.1) is 0 Å². The van der Waals surface area contributed by atoms with Crippen LogP contribution >= 0.6 is 0 Å². The lowest BCUT2D eigenvalue weighted by atomic mass is 10.3. The van der Waals surface area contributed by atoms with E-state index >= 15 is 0 Å². The lowest BCUT2D eigenvalue weighted by molar-refractivity contribution is 0.0689. The summed E-state index contributed by atoms with van der Waals surface area (Å²) in [4.78, 5) is 15.4. The van der Waals surface area contributed by atoms with Gasteiger partial charge in [-0.1, -0.05) is 18.2 Å². The molecule has 6 heteroatoms. The lowest BCUT2D eigenvalue weighted by Crippen LogP contribution is -2.03. The summed E-state index contributed by atoms with van der Waals surface area (Å²) in [7, 11) is 0. The summed E-state index contributed by atoms with van der Waals surface area (Å²) in [5.41, 5.74) is 1.24. The second-order valence-electron chi connectivity index (χ2n) is 4.43. The number of carbonyl (C=O) groups is 1. The van der Waals surface area contributed by atoms with Crippen LogP contribution in [-0.2, 0) is 6.61 Å². The first-order chi connectivity index (χ1) is 10.1. The van der Waals surface area contributed by atoms with Gasteiger partial charge in [0.2, 0.25) is 0 Å². The Hall–Kier alpha value is -3.02. The summed E-state index contributed by atoms with van der Waals surface area (Å²) in [6.45, 7) is 0.137. The first-order valence-electron chi connectivity index (χ1n) is 6.26. The van der Waals surface area contributed by atoms with E-state index in [2.05, 4.69) is 4.98 Å². The maximum atomic E-state index is 11.1. The van der Waals surface area contributed by atoms with Crippen LogP contribution in [0.25, 0.3) is 5.65 Å². The highest BCUT2D eigenvalue weighted by molar-refractivity contribution is 5.86. The van der Waals surface area contributed by atoms with Crippen molar-refractivity contribution in [2.45, 2.75) is 6.61 Å². The summed E-state index contributed by atoms with van der Waals surface area (Å²) in [6, 6.07) is 11.5. The third-order valence-electron chi connectivity index (χ3n) is 3.00. The van der Waals surface area contributed by atoms with Crippen LogP contribution in [-0.4, -0.2) is 25.6 Å². The number of hydrogen-bond acceptors (Lipinski definition) is 4. The number of pyridine rings is 1. The van der Waals surface area contributed by atoms with Gasteiger partial charge in [0.05, 0.1) is 5.69 Å². The molecule has 0 aliphatic heterocycles. The Morgan fingerprint density at radius 3 is 2.76 bits per heavy atom. The van der Waals surface area contributed by atoms with E-state index in [4.69, 9.17) is 9.84 Å². The second-order valence-corrected chi connectivity index (χ2v) is 4.43. The minimum atomic E-state index is -1.02. The smallest absolute Gasteiger partial charge is 0.352 e. The number of carboxylic acids is 1. The molecule has 2 N–H and O–H groups in total. The predicted octanol–water partition coefficient (Wildman–Crippen LogP) is 2.32. The van der Waals surface area contributed by atoms with Gasteiger partial charge >= 0.3 is 5.97 Å². The maximum absolute atomic E-state index is 11.1. The summed E-state index contributed by atoms with van der Waals surface area (Å²) in [5.74, 6) is -0.619. The molecule has 0 saturated heterocycles. The molecule has 0 aliphatic carbocycles. The van der Waals surface area contributed by atoms with Gasteiger partial charge in [-0.05, 0) is 24.3 Å². The van der Waals surface area contributed by atoms with Gasteiger partial charge < -0.3 is 14.9 Å². The Morgan fingerprint density at radius 2 is 2.00 bits per heavy atom. The SMILES string of the molecule is O=C(O)c1cccc2nc(COc3ccccc3O)cn12. The van der Waals surface area contributed by atoms with Gasteiger partial charge in [-0.15, -0.1) is 0 Å². The molecular weight excluding hydrogens is 272 g/mol. The number of aromatic nitrogens is 2. The van der Waals surface area contributed by atoms with E-state index in [1.807, 2.05) is 0 Å². The number of phenols is 1. The van der Waals surface area contributed by atoms with Gasteiger partial charge in [-0.2, -0.15) is 0 Å². The summed E-state index contributed by atoms with van der Waals surface area (Å²) in [5, 5.41) is 18.7. The maximum Gasteiger partial charge on any atom is 0.352 e.